The summed E-state index contributed by atoms with van der Waals surface area (Å²) in [6, 6.07) is 11.0. The molecule has 0 atom stereocenters. The molecular formula is C16H16ClN5O. The van der Waals surface area contributed by atoms with E-state index in [1.165, 1.54) is 0 Å². The Bertz CT molecular complexity index is 823. The molecule has 23 heavy (non-hydrogen) atoms. The summed E-state index contributed by atoms with van der Waals surface area (Å²) in [7, 11) is 0. The van der Waals surface area contributed by atoms with Crippen LogP contribution in [0.1, 0.15) is 23.0 Å². The summed E-state index contributed by atoms with van der Waals surface area (Å²) in [5.41, 5.74) is 1.41. The average Bonchev–Trinajstić information content (AvgIpc) is 3.16. The maximum Gasteiger partial charge on any atom is 0.277 e. The first-order valence-electron chi connectivity index (χ1n) is 7.27. The zero-order valence-electron chi connectivity index (χ0n) is 12.6. The Balaban J connectivity index is 1.66. The zero-order chi connectivity index (χ0) is 16.2. The van der Waals surface area contributed by atoms with Crippen molar-refractivity contribution < 1.29 is 4.79 Å². The molecule has 7 heteroatoms. The molecule has 0 spiro atoms. The van der Waals surface area contributed by atoms with Crippen molar-refractivity contribution in [1.29, 1.82) is 0 Å². The second-order valence-corrected chi connectivity index (χ2v) is 5.48. The zero-order valence-corrected chi connectivity index (χ0v) is 13.4. The quantitative estimate of drug-likeness (QED) is 0.782. The van der Waals surface area contributed by atoms with Crippen molar-refractivity contribution in [3.05, 3.63) is 65.1 Å². The number of nitrogens with zero attached hydrogens (tertiary/aromatic N) is 4. The van der Waals surface area contributed by atoms with Crippen LogP contribution < -0.4 is 5.32 Å². The van der Waals surface area contributed by atoms with E-state index < -0.39 is 0 Å². The van der Waals surface area contributed by atoms with Crippen molar-refractivity contribution >= 4 is 23.3 Å². The van der Waals surface area contributed by atoms with Gasteiger partial charge in [-0.25, -0.2) is 0 Å². The second-order valence-electron chi connectivity index (χ2n) is 5.04. The first-order valence-corrected chi connectivity index (χ1v) is 7.64. The number of rotatable bonds is 5. The minimum absolute atomic E-state index is 0.273. The Morgan fingerprint density at radius 2 is 2.00 bits per heavy atom. The van der Waals surface area contributed by atoms with Gasteiger partial charge in [-0.3, -0.25) is 14.2 Å². The lowest BCUT2D eigenvalue weighted by Crippen LogP contribution is -2.14. The maximum absolute atomic E-state index is 12.1. The van der Waals surface area contributed by atoms with Crippen molar-refractivity contribution in [3.63, 3.8) is 0 Å². The lowest BCUT2D eigenvalue weighted by molar-refractivity contribution is 0.102. The van der Waals surface area contributed by atoms with Crippen LogP contribution in [-0.2, 0) is 13.1 Å². The average molecular weight is 330 g/mol. The van der Waals surface area contributed by atoms with Crippen LogP contribution in [0.25, 0.3) is 0 Å². The number of carbonyl (C=O) groups is 1. The Kier molecular flexibility index (Phi) is 4.43. The maximum atomic E-state index is 12.1. The summed E-state index contributed by atoms with van der Waals surface area (Å²) in [5, 5.41) is 11.9. The van der Waals surface area contributed by atoms with E-state index in [9.17, 15) is 4.79 Å². The van der Waals surface area contributed by atoms with Crippen LogP contribution in [0.2, 0.25) is 5.02 Å². The van der Waals surface area contributed by atoms with Crippen molar-refractivity contribution in [2.45, 2.75) is 20.0 Å². The van der Waals surface area contributed by atoms with Crippen molar-refractivity contribution in [3.8, 4) is 0 Å². The van der Waals surface area contributed by atoms with Gasteiger partial charge in [-0.15, -0.1) is 0 Å². The first-order chi connectivity index (χ1) is 11.1. The van der Waals surface area contributed by atoms with Crippen LogP contribution in [0.15, 0.2) is 48.8 Å². The highest BCUT2D eigenvalue weighted by Gasteiger charge is 2.11. The molecule has 2 heterocycles. The molecule has 0 bridgehead atoms. The number of aromatic nitrogens is 4. The lowest BCUT2D eigenvalue weighted by Gasteiger charge is -2.03. The smallest absolute Gasteiger partial charge is 0.277 e. The third-order valence-electron chi connectivity index (χ3n) is 3.31. The number of carbonyl (C=O) groups excluding carboxylic acids is 1. The Labute approximate surface area is 138 Å². The number of hydrogen-bond donors (Lipinski definition) is 1. The second kappa shape index (κ2) is 6.66. The van der Waals surface area contributed by atoms with E-state index in [0.29, 0.717) is 23.1 Å². The summed E-state index contributed by atoms with van der Waals surface area (Å²) < 4.78 is 3.44. The van der Waals surface area contributed by atoms with Gasteiger partial charge in [-0.05, 0) is 30.7 Å². The Morgan fingerprint density at radius 1 is 1.17 bits per heavy atom. The van der Waals surface area contributed by atoms with E-state index in [1.807, 2.05) is 31.2 Å². The molecule has 0 radical (unpaired) electrons. The molecule has 0 saturated heterocycles. The minimum atomic E-state index is -0.273. The van der Waals surface area contributed by atoms with Crippen molar-refractivity contribution in [1.82, 2.24) is 19.6 Å². The molecule has 118 valence electrons. The highest BCUT2D eigenvalue weighted by Crippen LogP contribution is 2.13. The molecule has 0 aliphatic heterocycles. The third kappa shape index (κ3) is 3.78. The molecule has 2 aromatic heterocycles. The molecule has 0 aliphatic rings. The lowest BCUT2D eigenvalue weighted by atomic mass is 10.2. The van der Waals surface area contributed by atoms with Crippen LogP contribution in [-0.4, -0.2) is 25.5 Å². The standard InChI is InChI=1S/C16H16ClN5O/c1-2-21-8-6-14(19-21)16(23)18-15-7-9-22(20-15)11-12-4-3-5-13(17)10-12/h3-10H,2,11H2,1H3,(H,18,20,23). The van der Waals surface area contributed by atoms with E-state index in [2.05, 4.69) is 15.5 Å². The van der Waals surface area contributed by atoms with Crippen molar-refractivity contribution in [2.24, 2.45) is 0 Å². The topological polar surface area (TPSA) is 64.7 Å². The number of aryl methyl sites for hydroxylation is 1. The normalized spacial score (nSPS) is 10.7. The van der Waals surface area contributed by atoms with Crippen LogP contribution in [0, 0.1) is 0 Å². The van der Waals surface area contributed by atoms with E-state index in [-0.39, 0.29) is 5.91 Å². The fourth-order valence-corrected chi connectivity index (χ4v) is 2.39. The number of benzene rings is 1. The van der Waals surface area contributed by atoms with Gasteiger partial charge in [-0.2, -0.15) is 10.2 Å². The number of nitrogens with one attached hydrogen (secondary N) is 1. The molecule has 0 aliphatic carbocycles. The van der Waals surface area contributed by atoms with E-state index >= 15 is 0 Å². The molecule has 3 aromatic rings. The van der Waals surface area contributed by atoms with Gasteiger partial charge in [0, 0.05) is 30.0 Å². The molecule has 0 fully saturated rings. The Morgan fingerprint density at radius 3 is 2.74 bits per heavy atom. The van der Waals surface area contributed by atoms with E-state index in [0.717, 1.165) is 12.1 Å². The van der Waals surface area contributed by atoms with Crippen LogP contribution in [0.4, 0.5) is 5.82 Å². The SMILES string of the molecule is CCn1ccc(C(=O)Nc2ccn(Cc3cccc(Cl)c3)n2)n1. The van der Waals surface area contributed by atoms with Crippen LogP contribution in [0.5, 0.6) is 0 Å². The summed E-state index contributed by atoms with van der Waals surface area (Å²) in [6.07, 6.45) is 3.58. The third-order valence-corrected chi connectivity index (χ3v) is 3.55. The first kappa shape index (κ1) is 15.3. The van der Waals surface area contributed by atoms with E-state index in [1.54, 1.807) is 33.9 Å². The predicted molar refractivity (Wildman–Crippen MR) is 88.6 cm³/mol. The van der Waals surface area contributed by atoms with Gasteiger partial charge in [0.1, 0.15) is 0 Å². The molecule has 0 unspecified atom stereocenters. The molecule has 1 aromatic carbocycles. The number of halogens is 1. The molecule has 1 amide bonds. The van der Waals surface area contributed by atoms with Gasteiger partial charge < -0.3 is 5.32 Å². The largest absolute Gasteiger partial charge is 0.304 e. The molecule has 3 rings (SSSR count). The van der Waals surface area contributed by atoms with Crippen LogP contribution >= 0.6 is 11.6 Å². The summed E-state index contributed by atoms with van der Waals surface area (Å²) in [5.74, 6) is 0.216. The molecule has 1 N–H and O–H groups in total. The monoisotopic (exact) mass is 329 g/mol. The van der Waals surface area contributed by atoms with E-state index in [4.69, 9.17) is 11.6 Å². The minimum Gasteiger partial charge on any atom is -0.304 e. The van der Waals surface area contributed by atoms with Gasteiger partial charge in [0.25, 0.3) is 5.91 Å². The fourth-order valence-electron chi connectivity index (χ4n) is 2.18. The van der Waals surface area contributed by atoms with Gasteiger partial charge in [0.2, 0.25) is 0 Å². The summed E-state index contributed by atoms with van der Waals surface area (Å²) >= 11 is 5.97. The summed E-state index contributed by atoms with van der Waals surface area (Å²) in [4.78, 5) is 12.1. The Hall–Kier alpha value is -2.60. The summed E-state index contributed by atoms with van der Waals surface area (Å²) in [6.45, 7) is 3.27. The van der Waals surface area contributed by atoms with Gasteiger partial charge in [0.05, 0.1) is 6.54 Å². The highest BCUT2D eigenvalue weighted by atomic mass is 35.5. The molecular weight excluding hydrogens is 314 g/mol. The van der Waals surface area contributed by atoms with Gasteiger partial charge in [-0.1, -0.05) is 23.7 Å². The molecule has 0 saturated carbocycles. The molecule has 6 nitrogen and oxygen atoms in total. The number of hydrogen-bond acceptors (Lipinski definition) is 3. The highest BCUT2D eigenvalue weighted by molar-refractivity contribution is 6.30. The van der Waals surface area contributed by atoms with Gasteiger partial charge >= 0.3 is 0 Å². The van der Waals surface area contributed by atoms with Crippen LogP contribution in [0.3, 0.4) is 0 Å². The van der Waals surface area contributed by atoms with Gasteiger partial charge in [0.15, 0.2) is 11.5 Å². The number of anilines is 1. The fraction of sp³-hybridized carbons (Fsp3) is 0.188. The number of amides is 1. The van der Waals surface area contributed by atoms with Crippen molar-refractivity contribution in [2.75, 3.05) is 5.32 Å². The predicted octanol–water partition coefficient (Wildman–Crippen LogP) is 3.05.